The van der Waals surface area contributed by atoms with Crippen molar-refractivity contribution in [2.24, 2.45) is 18.1 Å². The molecule has 1 aliphatic heterocycles. The number of aryl methyl sites for hydroxylation is 5. The summed E-state index contributed by atoms with van der Waals surface area (Å²) >= 11 is 0. The van der Waals surface area contributed by atoms with Crippen molar-refractivity contribution in [3.63, 3.8) is 0 Å². The molecule has 0 amide bonds. The van der Waals surface area contributed by atoms with Gasteiger partial charge in [-0.2, -0.15) is 0 Å². The van der Waals surface area contributed by atoms with Crippen molar-refractivity contribution in [3.05, 3.63) is 149 Å². The summed E-state index contributed by atoms with van der Waals surface area (Å²) in [6, 6.07) is 37.7. The van der Waals surface area contributed by atoms with Crippen LogP contribution in [0.1, 0.15) is 69.4 Å². The normalized spacial score (nSPS) is 17.9. The molecule has 0 aromatic heterocycles. The van der Waals surface area contributed by atoms with E-state index in [0.29, 0.717) is 28.7 Å². The van der Waals surface area contributed by atoms with Crippen LogP contribution in [-0.4, -0.2) is 18.3 Å². The van der Waals surface area contributed by atoms with E-state index in [1.54, 1.807) is 0 Å². The van der Waals surface area contributed by atoms with Crippen LogP contribution in [0.2, 0.25) is 0 Å². The van der Waals surface area contributed by atoms with Crippen LogP contribution >= 0.6 is 30.6 Å². The van der Waals surface area contributed by atoms with E-state index in [1.165, 1.54) is 0 Å². The average molecular weight is 893 g/mol. The molecule has 0 saturated carbocycles. The van der Waals surface area contributed by atoms with E-state index in [4.69, 9.17) is 54.3 Å². The molecule has 1 unspecified atom stereocenters. The largest absolute Gasteiger partial charge is 0.460 e. The van der Waals surface area contributed by atoms with Crippen molar-refractivity contribution in [3.8, 4) is 28.7 Å². The molecule has 6 rings (SSSR count). The highest BCUT2D eigenvalue weighted by atomic mass is 31.3. The van der Waals surface area contributed by atoms with Gasteiger partial charge in [0.15, 0.2) is 0 Å². The summed E-state index contributed by atoms with van der Waals surface area (Å²) in [7, 11) is -16.5. The second kappa shape index (κ2) is 19.3. The second-order valence-corrected chi connectivity index (χ2v) is 23.6. The predicted molar refractivity (Wildman–Crippen MR) is 245 cm³/mol. The van der Waals surface area contributed by atoms with Crippen LogP contribution in [0.5, 0.6) is 28.7 Å². The van der Waals surface area contributed by atoms with Gasteiger partial charge in [-0.1, -0.05) is 93.0 Å². The van der Waals surface area contributed by atoms with Gasteiger partial charge in [0, 0.05) is 0 Å². The average Bonchev–Trinajstić information content (AvgIpc) is 3.15. The minimum absolute atomic E-state index is 0.411. The van der Waals surface area contributed by atoms with Gasteiger partial charge < -0.3 is 31.7 Å². The van der Waals surface area contributed by atoms with Gasteiger partial charge in [-0.05, 0) is 137 Å². The third-order valence-corrected chi connectivity index (χ3v) is 19.7. The molecule has 0 N–H and O–H groups in total. The van der Waals surface area contributed by atoms with Crippen LogP contribution in [0.3, 0.4) is 0 Å². The van der Waals surface area contributed by atoms with E-state index in [-0.39, 0.29) is 0 Å². The molecule has 320 valence electrons. The summed E-state index contributed by atoms with van der Waals surface area (Å²) in [4.78, 5) is 0. The lowest BCUT2D eigenvalue weighted by Gasteiger charge is -2.34. The van der Waals surface area contributed by atoms with E-state index in [1.807, 2.05) is 197 Å². The highest BCUT2D eigenvalue weighted by molar-refractivity contribution is 7.79. The van der Waals surface area contributed by atoms with E-state index in [9.17, 15) is 0 Å². The fourth-order valence-electron chi connectivity index (χ4n) is 5.54. The van der Waals surface area contributed by atoms with E-state index < -0.39 is 48.9 Å². The molecular formula is C44H56N4O8P4. The summed E-state index contributed by atoms with van der Waals surface area (Å²) in [5.41, 5.74) is 5.14. The molecule has 0 fully saturated rings. The van der Waals surface area contributed by atoms with Crippen molar-refractivity contribution >= 4 is 30.6 Å². The first-order valence-electron chi connectivity index (χ1n) is 19.9. The Hall–Kier alpha value is -4.10. The molecule has 16 heteroatoms. The Morgan fingerprint density at radius 2 is 0.467 bits per heavy atom. The molecule has 1 heterocycles. The molecule has 0 aliphatic carbocycles. The maximum Gasteiger partial charge on any atom is 0.460 e. The maximum absolute atomic E-state index is 7.06. The SMILES string of the molecule is Cc1ccc(OP2(Oc3ccc(C)cc3)=NP(Oc3ccc(C)cc3)(Oc3ccc(C)cc3)=NP(Oc3ccc(C)cc3)(OC(C)C)=NP(OC(C)C)(OC(C)C)=N2)cc1. The van der Waals surface area contributed by atoms with Crippen molar-refractivity contribution < 1.29 is 36.2 Å². The van der Waals surface area contributed by atoms with E-state index in [2.05, 4.69) is 0 Å². The third kappa shape index (κ3) is 12.5. The van der Waals surface area contributed by atoms with E-state index in [0.717, 1.165) is 27.8 Å². The Morgan fingerprint density at radius 3 is 0.717 bits per heavy atom. The second-order valence-electron chi connectivity index (χ2n) is 15.3. The first-order chi connectivity index (χ1) is 28.4. The van der Waals surface area contributed by atoms with Gasteiger partial charge in [-0.3, -0.25) is 4.52 Å². The van der Waals surface area contributed by atoms with Crippen molar-refractivity contribution in [2.75, 3.05) is 0 Å². The number of rotatable bonds is 16. The lowest BCUT2D eigenvalue weighted by atomic mass is 10.2. The molecule has 0 spiro atoms. The Balaban J connectivity index is 1.84. The zero-order chi connectivity index (χ0) is 43.1. The van der Waals surface area contributed by atoms with Gasteiger partial charge in [-0.25, -0.2) is 0 Å². The minimum Gasteiger partial charge on any atom is -0.422 e. The molecule has 5 aromatic carbocycles. The Labute approximate surface area is 356 Å². The number of hydrogen-bond acceptors (Lipinski definition) is 12. The Morgan fingerprint density at radius 1 is 0.283 bits per heavy atom. The Bertz CT molecular complexity index is 2340. The van der Waals surface area contributed by atoms with Gasteiger partial charge in [0.2, 0.25) is 0 Å². The van der Waals surface area contributed by atoms with Crippen LogP contribution in [-0.2, 0) is 13.6 Å². The zero-order valence-electron chi connectivity index (χ0n) is 36.1. The topological polar surface area (TPSA) is 123 Å². The molecule has 12 nitrogen and oxygen atoms in total. The molecule has 0 saturated heterocycles. The van der Waals surface area contributed by atoms with Crippen LogP contribution in [0.4, 0.5) is 0 Å². The monoisotopic (exact) mass is 892 g/mol. The smallest absolute Gasteiger partial charge is 0.422 e. The number of benzene rings is 5. The standard InChI is InChI=1S/C44H56N4O8P4/c1-32(2)49-57(50-33(3)4)45-58(51-34(5)6,52-40-22-12-35(7)13-23-40)47-60(55-43-28-18-38(10)19-29-43,56-44-30-20-39(11)21-31-44)48-59(46-57,53-41-24-14-36(8)15-25-41)54-42-26-16-37(9)17-27-42/h12-34H,1-11H3. The van der Waals surface area contributed by atoms with Gasteiger partial charge in [-0.15, -0.1) is 13.5 Å². The molecule has 0 radical (unpaired) electrons. The summed E-state index contributed by atoms with van der Waals surface area (Å²) in [6.45, 7) is 21.3. The molecule has 60 heavy (non-hydrogen) atoms. The molecule has 1 aliphatic rings. The summed E-state index contributed by atoms with van der Waals surface area (Å²) in [5.74, 6) is 2.09. The van der Waals surface area contributed by atoms with Crippen LogP contribution in [0.15, 0.2) is 139 Å². The van der Waals surface area contributed by atoms with Crippen LogP contribution in [0.25, 0.3) is 0 Å². The lowest BCUT2D eigenvalue weighted by Crippen LogP contribution is -2.13. The summed E-state index contributed by atoms with van der Waals surface area (Å²) < 4.78 is 77.6. The highest BCUT2D eigenvalue weighted by Gasteiger charge is 2.48. The van der Waals surface area contributed by atoms with Crippen molar-refractivity contribution in [1.29, 1.82) is 0 Å². The first kappa shape index (κ1) is 45.4. The minimum atomic E-state index is -4.23. The molecule has 0 bridgehead atoms. The fraction of sp³-hybridized carbons (Fsp3) is 0.318. The highest BCUT2D eigenvalue weighted by Crippen LogP contribution is 2.80. The number of nitrogens with zero attached hydrogens (tertiary/aromatic N) is 4. The van der Waals surface area contributed by atoms with Gasteiger partial charge >= 0.3 is 30.6 Å². The third-order valence-electron chi connectivity index (χ3n) is 8.18. The van der Waals surface area contributed by atoms with Gasteiger partial charge in [0.1, 0.15) is 28.7 Å². The van der Waals surface area contributed by atoms with Crippen LogP contribution in [0, 0.1) is 34.6 Å². The van der Waals surface area contributed by atoms with Crippen LogP contribution < -0.4 is 22.6 Å². The number of hydrogen-bond donors (Lipinski definition) is 0. The predicted octanol–water partition coefficient (Wildman–Crippen LogP) is 16.0. The Kier molecular flexibility index (Phi) is 14.6. The quantitative estimate of drug-likeness (QED) is 0.0897. The van der Waals surface area contributed by atoms with E-state index >= 15 is 0 Å². The van der Waals surface area contributed by atoms with Gasteiger partial charge in [0.05, 0.1) is 18.3 Å². The first-order valence-corrected chi connectivity index (χ1v) is 26.0. The van der Waals surface area contributed by atoms with Gasteiger partial charge in [0.25, 0.3) is 0 Å². The maximum atomic E-state index is 7.06. The fourth-order valence-corrected chi connectivity index (χ4v) is 18.2. The van der Waals surface area contributed by atoms with Crippen molar-refractivity contribution in [1.82, 2.24) is 0 Å². The molecule has 5 aromatic rings. The molecular weight excluding hydrogens is 836 g/mol. The summed E-state index contributed by atoms with van der Waals surface area (Å²) in [6.07, 6.45) is -1.40. The zero-order valence-corrected chi connectivity index (χ0v) is 39.7. The molecule has 1 atom stereocenters. The lowest BCUT2D eigenvalue weighted by molar-refractivity contribution is 0.168. The van der Waals surface area contributed by atoms with Crippen molar-refractivity contribution in [2.45, 2.75) is 94.5 Å². The summed E-state index contributed by atoms with van der Waals surface area (Å²) in [5, 5.41) is 0.